The summed E-state index contributed by atoms with van der Waals surface area (Å²) in [4.78, 5) is 28.1. The van der Waals surface area contributed by atoms with Crippen molar-refractivity contribution >= 4 is 40.8 Å². The molecule has 3 aromatic carbocycles. The molecule has 1 aliphatic carbocycles. The number of carboxylic acid groups (broad SMARTS) is 1. The van der Waals surface area contributed by atoms with Gasteiger partial charge in [0.2, 0.25) is 5.91 Å². The molecule has 3 N–H and O–H groups in total. The van der Waals surface area contributed by atoms with Crippen molar-refractivity contribution in [3.63, 3.8) is 0 Å². The minimum Gasteiger partial charge on any atom is -0.478 e. The molecule has 6 nitrogen and oxygen atoms in total. The molecule has 3 heterocycles. The number of fused-ring (bicyclic) bond motifs is 3. The Bertz CT molecular complexity index is 1460. The van der Waals surface area contributed by atoms with Crippen LogP contribution in [0.1, 0.15) is 58.3 Å². The van der Waals surface area contributed by atoms with Gasteiger partial charge in [-0.05, 0) is 72.7 Å². The highest BCUT2D eigenvalue weighted by Gasteiger charge is 2.68. The number of anilines is 1. The highest BCUT2D eigenvalue weighted by atomic mass is 35.5. The van der Waals surface area contributed by atoms with Crippen LogP contribution in [0, 0.1) is 5.92 Å². The van der Waals surface area contributed by atoms with Gasteiger partial charge in [0.1, 0.15) is 5.54 Å². The van der Waals surface area contributed by atoms with Crippen molar-refractivity contribution in [2.45, 2.75) is 48.8 Å². The lowest BCUT2D eigenvalue weighted by atomic mass is 9.74. The number of benzene rings is 3. The van der Waals surface area contributed by atoms with Gasteiger partial charge in [0, 0.05) is 51.9 Å². The first-order chi connectivity index (χ1) is 18.4. The summed E-state index contributed by atoms with van der Waals surface area (Å²) < 4.78 is 0. The summed E-state index contributed by atoms with van der Waals surface area (Å²) in [6.07, 6.45) is 3.17. The van der Waals surface area contributed by atoms with E-state index in [1.54, 1.807) is 12.1 Å². The third kappa shape index (κ3) is 3.62. The number of carbonyl (C=O) groups is 2. The van der Waals surface area contributed by atoms with Gasteiger partial charge < -0.3 is 15.7 Å². The van der Waals surface area contributed by atoms with E-state index in [9.17, 15) is 14.7 Å². The van der Waals surface area contributed by atoms with Gasteiger partial charge in [-0.15, -0.1) is 0 Å². The average Bonchev–Trinajstić information content (AvgIpc) is 3.46. The molecule has 0 radical (unpaired) electrons. The minimum atomic E-state index is -0.933. The van der Waals surface area contributed by atoms with Crippen LogP contribution in [-0.2, 0) is 10.3 Å². The third-order valence-electron chi connectivity index (χ3n) is 8.85. The van der Waals surface area contributed by atoms with Crippen molar-refractivity contribution in [2.24, 2.45) is 5.92 Å². The second-order valence-corrected chi connectivity index (χ2v) is 11.9. The molecule has 38 heavy (non-hydrogen) atoms. The number of nitrogens with zero attached hydrogens (tertiary/aromatic N) is 1. The van der Waals surface area contributed by atoms with Crippen LogP contribution >= 0.6 is 23.2 Å². The molecular formula is C30H27Cl2N3O3. The second kappa shape index (κ2) is 8.82. The number of aromatic carboxylic acids is 1. The van der Waals surface area contributed by atoms with E-state index in [-0.39, 0.29) is 35.5 Å². The Labute approximate surface area is 230 Å². The average molecular weight is 548 g/mol. The Morgan fingerprint density at radius 1 is 1.00 bits per heavy atom. The van der Waals surface area contributed by atoms with E-state index in [0.717, 1.165) is 35.3 Å². The van der Waals surface area contributed by atoms with Gasteiger partial charge in [-0.3, -0.25) is 9.69 Å². The standard InChI is InChI=1S/C30H27Cl2N3O3/c31-20-3-1-2-19(12-20)26-27-25(14-23(33-27)17-6-8-18(9-7-17)28(36)37)35(15-16-4-5-16)30(26)22-11-10-21(32)13-24(22)34-29(30)38/h1-3,6-13,16,23,25-27,33H,4-5,14-15H2,(H,34,38)(H,36,37)/t23-,25-,26-,27+,30+/m0/s1. The molecule has 0 aromatic heterocycles. The first kappa shape index (κ1) is 24.2. The molecule has 1 saturated carbocycles. The molecule has 4 aliphatic rings. The smallest absolute Gasteiger partial charge is 0.335 e. The highest BCUT2D eigenvalue weighted by Crippen LogP contribution is 2.60. The number of likely N-dealkylation sites (tertiary alicyclic amines) is 1. The van der Waals surface area contributed by atoms with Crippen LogP contribution in [0.5, 0.6) is 0 Å². The van der Waals surface area contributed by atoms with E-state index in [1.807, 2.05) is 48.5 Å². The number of halogens is 2. The van der Waals surface area contributed by atoms with E-state index in [1.165, 1.54) is 12.8 Å². The van der Waals surface area contributed by atoms with Gasteiger partial charge in [0.05, 0.1) is 5.56 Å². The van der Waals surface area contributed by atoms with E-state index in [4.69, 9.17) is 23.2 Å². The van der Waals surface area contributed by atoms with Gasteiger partial charge in [0.15, 0.2) is 0 Å². The second-order valence-electron chi connectivity index (χ2n) is 11.0. The van der Waals surface area contributed by atoms with Crippen LogP contribution in [0.3, 0.4) is 0 Å². The number of hydrogen-bond acceptors (Lipinski definition) is 4. The Morgan fingerprint density at radius 2 is 1.76 bits per heavy atom. The van der Waals surface area contributed by atoms with Gasteiger partial charge in [-0.1, -0.05) is 53.5 Å². The Kier molecular flexibility index (Phi) is 5.61. The predicted octanol–water partition coefficient (Wildman–Crippen LogP) is 5.82. The maximum Gasteiger partial charge on any atom is 0.335 e. The van der Waals surface area contributed by atoms with E-state index >= 15 is 0 Å². The van der Waals surface area contributed by atoms with Crippen LogP contribution in [0.25, 0.3) is 0 Å². The SMILES string of the molecule is O=C(O)c1ccc([C@@H]2C[C@H]3[C@@H](N2)[C@H](c2cccc(Cl)c2)[C@]2(C(=O)Nc4cc(Cl)ccc42)N3CC2CC2)cc1. The van der Waals surface area contributed by atoms with Crippen molar-refractivity contribution in [3.05, 3.63) is 99.0 Å². The number of hydrogen-bond donors (Lipinski definition) is 3. The molecule has 194 valence electrons. The number of nitrogens with one attached hydrogen (secondary N) is 2. The predicted molar refractivity (Wildman–Crippen MR) is 147 cm³/mol. The quantitative estimate of drug-likeness (QED) is 0.375. The summed E-state index contributed by atoms with van der Waals surface area (Å²) in [6.45, 7) is 0.847. The molecule has 2 saturated heterocycles. The summed E-state index contributed by atoms with van der Waals surface area (Å²) in [7, 11) is 0. The van der Waals surface area contributed by atoms with Crippen LogP contribution in [0.15, 0.2) is 66.7 Å². The topological polar surface area (TPSA) is 81.7 Å². The zero-order valence-electron chi connectivity index (χ0n) is 20.5. The molecule has 3 aromatic rings. The van der Waals surface area contributed by atoms with Crippen LogP contribution in [-0.4, -0.2) is 40.5 Å². The van der Waals surface area contributed by atoms with Crippen molar-refractivity contribution in [3.8, 4) is 0 Å². The molecule has 7 rings (SSSR count). The van der Waals surface area contributed by atoms with Crippen molar-refractivity contribution < 1.29 is 14.7 Å². The highest BCUT2D eigenvalue weighted by molar-refractivity contribution is 6.31. The van der Waals surface area contributed by atoms with E-state index < -0.39 is 11.5 Å². The first-order valence-electron chi connectivity index (χ1n) is 13.1. The Balaban J connectivity index is 1.37. The molecule has 1 spiro atoms. The fourth-order valence-electron chi connectivity index (χ4n) is 7.12. The summed E-state index contributed by atoms with van der Waals surface area (Å²) in [6, 6.07) is 20.9. The largest absolute Gasteiger partial charge is 0.478 e. The molecule has 8 heteroatoms. The molecule has 0 bridgehead atoms. The minimum absolute atomic E-state index is 0.0104. The summed E-state index contributed by atoms with van der Waals surface area (Å²) >= 11 is 12.9. The van der Waals surface area contributed by atoms with Gasteiger partial charge in [-0.2, -0.15) is 0 Å². The lowest BCUT2D eigenvalue weighted by Gasteiger charge is -2.41. The van der Waals surface area contributed by atoms with Crippen LogP contribution in [0.2, 0.25) is 10.0 Å². The normalized spacial score (nSPS) is 29.9. The Hall–Kier alpha value is -2.90. The van der Waals surface area contributed by atoms with Gasteiger partial charge in [0.25, 0.3) is 0 Å². The molecule has 1 amide bonds. The molecule has 0 unspecified atom stereocenters. The number of amides is 1. The van der Waals surface area contributed by atoms with Crippen molar-refractivity contribution in [1.29, 1.82) is 0 Å². The van der Waals surface area contributed by atoms with E-state index in [0.29, 0.717) is 16.0 Å². The zero-order chi connectivity index (χ0) is 26.2. The number of carbonyl (C=O) groups excluding carboxylic acids is 1. The first-order valence-corrected chi connectivity index (χ1v) is 13.8. The van der Waals surface area contributed by atoms with Crippen molar-refractivity contribution in [1.82, 2.24) is 10.2 Å². The summed E-state index contributed by atoms with van der Waals surface area (Å²) in [5, 5.41) is 17.6. The van der Waals surface area contributed by atoms with Crippen LogP contribution < -0.4 is 10.6 Å². The molecule has 3 fully saturated rings. The molecule has 3 aliphatic heterocycles. The summed E-state index contributed by atoms with van der Waals surface area (Å²) in [5.74, 6) is -0.560. The maximum atomic E-state index is 14.2. The monoisotopic (exact) mass is 547 g/mol. The Morgan fingerprint density at radius 3 is 2.47 bits per heavy atom. The zero-order valence-corrected chi connectivity index (χ0v) is 22.0. The number of rotatable bonds is 5. The fraction of sp³-hybridized carbons (Fsp3) is 0.333. The molecule has 5 atom stereocenters. The lowest BCUT2D eigenvalue weighted by Crippen LogP contribution is -2.53. The van der Waals surface area contributed by atoms with Gasteiger partial charge >= 0.3 is 5.97 Å². The fourth-order valence-corrected chi connectivity index (χ4v) is 7.49. The van der Waals surface area contributed by atoms with Gasteiger partial charge in [-0.25, -0.2) is 4.79 Å². The van der Waals surface area contributed by atoms with Crippen LogP contribution in [0.4, 0.5) is 5.69 Å². The molecular weight excluding hydrogens is 521 g/mol. The third-order valence-corrected chi connectivity index (χ3v) is 9.32. The summed E-state index contributed by atoms with van der Waals surface area (Å²) in [5.41, 5.74) is 3.22. The maximum absolute atomic E-state index is 14.2. The van der Waals surface area contributed by atoms with E-state index in [2.05, 4.69) is 21.6 Å². The number of carboxylic acids is 1. The lowest BCUT2D eigenvalue weighted by molar-refractivity contribution is -0.128. The van der Waals surface area contributed by atoms with Crippen molar-refractivity contribution in [2.75, 3.05) is 11.9 Å².